The van der Waals surface area contributed by atoms with Gasteiger partial charge in [-0.15, -0.1) is 0 Å². The van der Waals surface area contributed by atoms with Crippen LogP contribution in [0.15, 0.2) is 42.7 Å². The van der Waals surface area contributed by atoms with E-state index in [0.29, 0.717) is 38.0 Å². The number of ether oxygens (including phenoxy) is 2. The van der Waals surface area contributed by atoms with E-state index in [0.717, 1.165) is 17.0 Å². The van der Waals surface area contributed by atoms with E-state index in [1.165, 1.54) is 0 Å². The highest BCUT2D eigenvalue weighted by Crippen LogP contribution is 2.34. The van der Waals surface area contributed by atoms with Gasteiger partial charge in [0, 0.05) is 43.5 Å². The maximum absolute atomic E-state index is 15.4. The number of nitrogens with zero attached hydrogens (tertiary/aromatic N) is 4. The topological polar surface area (TPSA) is 135 Å². The number of alkyl carbamates (subject to hydrolysis) is 1. The van der Waals surface area contributed by atoms with Gasteiger partial charge in [0.2, 0.25) is 0 Å². The molecule has 14 heteroatoms. The molecule has 12 nitrogen and oxygen atoms in total. The summed E-state index contributed by atoms with van der Waals surface area (Å²) in [6, 6.07) is 7.62. The molecule has 2 aliphatic rings. The average molecular weight is 627 g/mol. The lowest BCUT2D eigenvalue weighted by atomic mass is 9.85. The number of fused-ring (bicyclic) bond motifs is 1. The number of aromatic nitrogens is 2. The zero-order chi connectivity index (χ0) is 32.1. The van der Waals surface area contributed by atoms with E-state index in [2.05, 4.69) is 15.6 Å². The quantitative estimate of drug-likeness (QED) is 0.346. The van der Waals surface area contributed by atoms with Crippen LogP contribution in [-0.2, 0) is 14.3 Å². The summed E-state index contributed by atoms with van der Waals surface area (Å²) in [5.74, 6) is -2.59. The van der Waals surface area contributed by atoms with E-state index < -0.39 is 35.8 Å². The van der Waals surface area contributed by atoms with Crippen LogP contribution in [0.4, 0.5) is 29.7 Å². The van der Waals surface area contributed by atoms with Crippen LogP contribution in [0, 0.1) is 23.5 Å². The molecule has 5 rings (SSSR count). The van der Waals surface area contributed by atoms with E-state index in [-0.39, 0.29) is 60.9 Å². The molecule has 45 heavy (non-hydrogen) atoms. The average Bonchev–Trinajstić information content (AvgIpc) is 3.54. The third-order valence-electron chi connectivity index (χ3n) is 8.26. The first-order valence-corrected chi connectivity index (χ1v) is 15.0. The molecule has 0 aliphatic carbocycles. The molecule has 3 atom stereocenters. The molecule has 0 bridgehead atoms. The van der Waals surface area contributed by atoms with Crippen molar-refractivity contribution in [3.8, 4) is 0 Å². The number of nitrogens with one attached hydrogen (secondary N) is 2. The summed E-state index contributed by atoms with van der Waals surface area (Å²) in [4.78, 5) is 56.5. The first kappa shape index (κ1) is 31.7. The van der Waals surface area contributed by atoms with Crippen LogP contribution in [0.2, 0.25) is 0 Å². The van der Waals surface area contributed by atoms with Gasteiger partial charge in [0.25, 0.3) is 5.91 Å². The van der Waals surface area contributed by atoms with Crippen LogP contribution in [0.1, 0.15) is 43.6 Å². The maximum atomic E-state index is 15.4. The van der Waals surface area contributed by atoms with Gasteiger partial charge >= 0.3 is 12.2 Å². The summed E-state index contributed by atoms with van der Waals surface area (Å²) in [5.41, 5.74) is 0.663. The molecule has 240 valence electrons. The minimum Gasteiger partial charge on any atom is -0.450 e. The van der Waals surface area contributed by atoms with E-state index in [4.69, 9.17) is 9.47 Å². The van der Waals surface area contributed by atoms with Gasteiger partial charge in [-0.2, -0.15) is 0 Å². The van der Waals surface area contributed by atoms with Gasteiger partial charge in [0.1, 0.15) is 23.1 Å². The number of Topliss-reactive ketones (excluding diaryl/α,β-unsaturated/α-hetero) is 1. The third-order valence-corrected chi connectivity index (χ3v) is 8.26. The Morgan fingerprint density at radius 2 is 1.91 bits per heavy atom. The first-order valence-electron chi connectivity index (χ1n) is 15.0. The van der Waals surface area contributed by atoms with Crippen molar-refractivity contribution >= 4 is 40.9 Å². The SMILES string of the molecule is CCOC(=O)NCC1CN(c2cc(F)c(N3CCCC(C(C)C(=O)CNC(=O)c4cn5ccccc5n4)CC3)c(F)c2)C(=O)O1. The summed E-state index contributed by atoms with van der Waals surface area (Å²) >= 11 is 0. The summed E-state index contributed by atoms with van der Waals surface area (Å²) in [7, 11) is 0. The second-order valence-corrected chi connectivity index (χ2v) is 11.2. The second-order valence-electron chi connectivity index (χ2n) is 11.2. The van der Waals surface area contributed by atoms with Crippen LogP contribution in [0.5, 0.6) is 0 Å². The number of cyclic esters (lactones) is 1. The zero-order valence-corrected chi connectivity index (χ0v) is 25.1. The van der Waals surface area contributed by atoms with Gasteiger partial charge in [0.05, 0.1) is 31.9 Å². The summed E-state index contributed by atoms with van der Waals surface area (Å²) in [6.07, 6.45) is 3.07. The van der Waals surface area contributed by atoms with Gasteiger partial charge in [-0.25, -0.2) is 23.4 Å². The molecule has 0 saturated carbocycles. The number of rotatable bonds is 10. The van der Waals surface area contributed by atoms with Gasteiger partial charge in [-0.3, -0.25) is 14.5 Å². The van der Waals surface area contributed by atoms with Crippen LogP contribution in [0.3, 0.4) is 0 Å². The Hall–Kier alpha value is -4.75. The van der Waals surface area contributed by atoms with Gasteiger partial charge in [0.15, 0.2) is 17.4 Å². The zero-order valence-electron chi connectivity index (χ0n) is 25.1. The van der Waals surface area contributed by atoms with E-state index >= 15 is 8.78 Å². The van der Waals surface area contributed by atoms with Crippen molar-refractivity contribution < 1.29 is 37.4 Å². The molecule has 4 heterocycles. The van der Waals surface area contributed by atoms with Crippen LogP contribution < -0.4 is 20.4 Å². The van der Waals surface area contributed by atoms with E-state index in [1.54, 1.807) is 34.7 Å². The van der Waals surface area contributed by atoms with Crippen LogP contribution in [0.25, 0.3) is 5.65 Å². The molecule has 3 aromatic rings. The second kappa shape index (κ2) is 13.9. The fraction of sp³-hybridized carbons (Fsp3) is 0.452. The molecule has 3 unspecified atom stereocenters. The Balaban J connectivity index is 1.15. The smallest absolute Gasteiger partial charge is 0.414 e. The fourth-order valence-electron chi connectivity index (χ4n) is 5.80. The lowest BCUT2D eigenvalue weighted by Crippen LogP contribution is -2.35. The normalized spacial score (nSPS) is 19.2. The monoisotopic (exact) mass is 626 g/mol. The molecule has 1 aromatic carbocycles. The lowest BCUT2D eigenvalue weighted by Gasteiger charge is -2.26. The van der Waals surface area contributed by atoms with E-state index in [9.17, 15) is 19.2 Å². The number of imidazole rings is 1. The molecular weight excluding hydrogens is 590 g/mol. The van der Waals surface area contributed by atoms with Crippen molar-refractivity contribution in [3.63, 3.8) is 0 Å². The molecule has 0 radical (unpaired) electrons. The number of carbonyl (C=O) groups is 4. The lowest BCUT2D eigenvalue weighted by molar-refractivity contribution is -0.123. The van der Waals surface area contributed by atoms with Crippen molar-refractivity contribution in [3.05, 3.63) is 60.1 Å². The molecule has 2 saturated heterocycles. The van der Waals surface area contributed by atoms with Crippen molar-refractivity contribution in [1.29, 1.82) is 0 Å². The van der Waals surface area contributed by atoms with Crippen molar-refractivity contribution in [2.75, 3.05) is 49.1 Å². The number of ketones is 1. The Labute approximate surface area is 258 Å². The number of halogens is 2. The minimum absolute atomic E-state index is 0.000211. The summed E-state index contributed by atoms with van der Waals surface area (Å²) in [6.45, 7) is 4.24. The highest BCUT2D eigenvalue weighted by molar-refractivity contribution is 5.96. The number of pyridine rings is 1. The van der Waals surface area contributed by atoms with E-state index in [1.807, 2.05) is 19.1 Å². The van der Waals surface area contributed by atoms with Gasteiger partial charge in [-0.1, -0.05) is 13.0 Å². The predicted octanol–water partition coefficient (Wildman–Crippen LogP) is 3.93. The Morgan fingerprint density at radius 3 is 2.64 bits per heavy atom. The molecule has 3 amide bonds. The number of hydrogen-bond donors (Lipinski definition) is 2. The molecular formula is C31H36F2N6O6. The first-order chi connectivity index (χ1) is 21.6. The number of hydrogen-bond acceptors (Lipinski definition) is 8. The standard InChI is InChI=1S/C31H36F2N6O6/c1-3-44-30(42)35-15-22-17-39(31(43)45-22)21-13-23(32)28(24(33)14-21)37-11-6-7-20(9-12-37)19(2)26(40)16-34-29(41)25-18-38-10-5-4-8-27(38)36-25/h4-5,8,10,13-14,18-20,22H,3,6-7,9,11-12,15-17H2,1-2H3,(H,34,41)(H,35,42). The predicted molar refractivity (Wildman–Crippen MR) is 160 cm³/mol. The molecule has 2 N–H and O–H groups in total. The number of amides is 3. The molecule has 2 aliphatic heterocycles. The van der Waals surface area contributed by atoms with Gasteiger partial charge < -0.3 is 29.4 Å². The molecule has 2 fully saturated rings. The largest absolute Gasteiger partial charge is 0.450 e. The molecule has 0 spiro atoms. The van der Waals surface area contributed by atoms with Crippen molar-refractivity contribution in [2.45, 2.75) is 39.2 Å². The number of benzene rings is 1. The summed E-state index contributed by atoms with van der Waals surface area (Å²) < 4.78 is 42.5. The highest BCUT2D eigenvalue weighted by atomic mass is 19.1. The van der Waals surface area contributed by atoms with Crippen LogP contribution in [-0.4, -0.2) is 78.7 Å². The fourth-order valence-corrected chi connectivity index (χ4v) is 5.80. The Kier molecular flexibility index (Phi) is 9.79. The molecule has 2 aromatic heterocycles. The third kappa shape index (κ3) is 7.32. The Morgan fingerprint density at radius 1 is 1.13 bits per heavy atom. The minimum atomic E-state index is -0.817. The van der Waals surface area contributed by atoms with Crippen molar-refractivity contribution in [1.82, 2.24) is 20.0 Å². The Bertz CT molecular complexity index is 1520. The maximum Gasteiger partial charge on any atom is 0.414 e. The number of carbonyl (C=O) groups excluding carboxylic acids is 4. The highest BCUT2D eigenvalue weighted by Gasteiger charge is 2.34. The number of anilines is 2. The van der Waals surface area contributed by atoms with Crippen LogP contribution >= 0.6 is 0 Å². The summed E-state index contributed by atoms with van der Waals surface area (Å²) in [5, 5.41) is 5.14. The van der Waals surface area contributed by atoms with Crippen molar-refractivity contribution in [2.24, 2.45) is 11.8 Å². The van der Waals surface area contributed by atoms with Gasteiger partial charge in [-0.05, 0) is 44.2 Å².